The third-order valence-corrected chi connectivity index (χ3v) is 3.67. The Kier molecular flexibility index (Phi) is 4.42. The van der Waals surface area contributed by atoms with Crippen LogP contribution in [0.1, 0.15) is 23.2 Å². The standard InChI is InChI=1S/C13H13ClF3NO2/c14-3-1-7-2-4-18(6-7)13(20)8-5-9(15)11(17)12(19)10(8)16/h5,7,19H,1-4,6H2. The summed E-state index contributed by atoms with van der Waals surface area (Å²) in [5, 5.41) is 9.12. The molecule has 0 radical (unpaired) electrons. The lowest BCUT2D eigenvalue weighted by atomic mass is 10.1. The summed E-state index contributed by atoms with van der Waals surface area (Å²) < 4.78 is 39.8. The van der Waals surface area contributed by atoms with Gasteiger partial charge in [-0.3, -0.25) is 4.79 Å². The molecule has 1 aliphatic heterocycles. The van der Waals surface area contributed by atoms with Crippen molar-refractivity contribution in [3.05, 3.63) is 29.1 Å². The fraction of sp³-hybridized carbons (Fsp3) is 0.462. The summed E-state index contributed by atoms with van der Waals surface area (Å²) in [6, 6.07) is 0.474. The molecule has 1 amide bonds. The number of hydrogen-bond donors (Lipinski definition) is 1. The Morgan fingerprint density at radius 2 is 2.10 bits per heavy atom. The topological polar surface area (TPSA) is 40.5 Å². The molecule has 1 aromatic carbocycles. The van der Waals surface area contributed by atoms with E-state index in [0.29, 0.717) is 25.0 Å². The molecule has 2 rings (SSSR count). The van der Waals surface area contributed by atoms with Gasteiger partial charge < -0.3 is 10.0 Å². The SMILES string of the molecule is O=C(c1cc(F)c(F)c(O)c1F)N1CCC(CCCl)C1. The summed E-state index contributed by atoms with van der Waals surface area (Å²) in [6.07, 6.45) is 1.46. The number of hydrogen-bond acceptors (Lipinski definition) is 2. The maximum atomic E-state index is 13.7. The quantitative estimate of drug-likeness (QED) is 0.689. The van der Waals surface area contributed by atoms with Crippen LogP contribution in [0.25, 0.3) is 0 Å². The van der Waals surface area contributed by atoms with Crippen molar-refractivity contribution in [2.45, 2.75) is 12.8 Å². The highest BCUT2D eigenvalue weighted by molar-refractivity contribution is 6.17. The number of phenolic OH excluding ortho intramolecular Hbond substituents is 1. The minimum atomic E-state index is -1.69. The number of amides is 1. The molecule has 110 valence electrons. The number of alkyl halides is 1. The van der Waals surface area contributed by atoms with Crippen molar-refractivity contribution in [1.82, 2.24) is 4.90 Å². The van der Waals surface area contributed by atoms with Crippen LogP contribution in [-0.4, -0.2) is 34.9 Å². The van der Waals surface area contributed by atoms with Gasteiger partial charge >= 0.3 is 0 Å². The predicted octanol–water partition coefficient (Wildman–Crippen LogP) is 2.90. The first kappa shape index (κ1) is 15.0. The van der Waals surface area contributed by atoms with E-state index in [9.17, 15) is 18.0 Å². The zero-order chi connectivity index (χ0) is 14.9. The fourth-order valence-corrected chi connectivity index (χ4v) is 2.63. The van der Waals surface area contributed by atoms with Gasteiger partial charge in [-0.05, 0) is 24.8 Å². The van der Waals surface area contributed by atoms with Crippen molar-refractivity contribution in [3.8, 4) is 5.75 Å². The average molecular weight is 308 g/mol. The molecule has 20 heavy (non-hydrogen) atoms. The molecule has 0 spiro atoms. The molecule has 1 aliphatic rings. The van der Waals surface area contributed by atoms with Crippen molar-refractivity contribution in [1.29, 1.82) is 0 Å². The van der Waals surface area contributed by atoms with Gasteiger partial charge in [0.2, 0.25) is 5.82 Å². The summed E-state index contributed by atoms with van der Waals surface area (Å²) in [7, 11) is 0. The monoisotopic (exact) mass is 307 g/mol. The fourth-order valence-electron chi connectivity index (χ4n) is 2.32. The first-order valence-electron chi connectivity index (χ1n) is 6.17. The van der Waals surface area contributed by atoms with Crippen molar-refractivity contribution in [2.24, 2.45) is 5.92 Å². The Balaban J connectivity index is 2.23. The summed E-state index contributed by atoms with van der Waals surface area (Å²) in [4.78, 5) is 13.4. The van der Waals surface area contributed by atoms with Crippen LogP contribution in [0.3, 0.4) is 0 Å². The third-order valence-electron chi connectivity index (χ3n) is 3.45. The first-order valence-corrected chi connectivity index (χ1v) is 6.70. The Labute approximate surface area is 118 Å². The molecule has 0 bridgehead atoms. The number of benzene rings is 1. The molecule has 3 nitrogen and oxygen atoms in total. The minimum Gasteiger partial charge on any atom is -0.503 e. The van der Waals surface area contributed by atoms with Crippen LogP contribution < -0.4 is 0 Å². The summed E-state index contributed by atoms with van der Waals surface area (Å²) in [5.74, 6) is -6.12. The van der Waals surface area contributed by atoms with Crippen LogP contribution in [0, 0.1) is 23.4 Å². The molecule has 7 heteroatoms. The molecule has 1 saturated heterocycles. The van der Waals surface area contributed by atoms with Gasteiger partial charge in [0, 0.05) is 19.0 Å². The van der Waals surface area contributed by atoms with E-state index in [2.05, 4.69) is 0 Å². The number of halogens is 4. The molecule has 1 atom stereocenters. The van der Waals surface area contributed by atoms with E-state index in [4.69, 9.17) is 16.7 Å². The second kappa shape index (κ2) is 5.91. The highest BCUT2D eigenvalue weighted by atomic mass is 35.5. The summed E-state index contributed by atoms with van der Waals surface area (Å²) >= 11 is 5.62. The third kappa shape index (κ3) is 2.70. The molecule has 1 unspecified atom stereocenters. The number of carbonyl (C=O) groups is 1. The van der Waals surface area contributed by atoms with Crippen LogP contribution in [-0.2, 0) is 0 Å². The van der Waals surface area contributed by atoms with Crippen LogP contribution in [0.15, 0.2) is 6.07 Å². The second-order valence-electron chi connectivity index (χ2n) is 4.77. The Hall–Kier alpha value is -1.43. The number of nitrogens with zero attached hydrogens (tertiary/aromatic N) is 1. The van der Waals surface area contributed by atoms with Crippen LogP contribution >= 0.6 is 11.6 Å². The number of likely N-dealkylation sites (tertiary alicyclic amines) is 1. The first-order chi connectivity index (χ1) is 9.45. The van der Waals surface area contributed by atoms with E-state index in [0.717, 1.165) is 12.8 Å². The summed E-state index contributed by atoms with van der Waals surface area (Å²) in [5.41, 5.74) is -0.659. The van der Waals surface area contributed by atoms with Crippen LogP contribution in [0.2, 0.25) is 0 Å². The van der Waals surface area contributed by atoms with Gasteiger partial charge in [-0.25, -0.2) is 8.78 Å². The predicted molar refractivity (Wildman–Crippen MR) is 67.3 cm³/mol. The van der Waals surface area contributed by atoms with Gasteiger partial charge in [-0.15, -0.1) is 11.6 Å². The minimum absolute atomic E-state index is 0.221. The molecule has 1 aromatic rings. The van der Waals surface area contributed by atoms with Crippen molar-refractivity contribution in [3.63, 3.8) is 0 Å². The van der Waals surface area contributed by atoms with Gasteiger partial charge in [0.1, 0.15) is 0 Å². The zero-order valence-corrected chi connectivity index (χ0v) is 11.3. The molecule has 1 heterocycles. The van der Waals surface area contributed by atoms with Crippen LogP contribution in [0.5, 0.6) is 5.75 Å². The van der Waals surface area contributed by atoms with Crippen LogP contribution in [0.4, 0.5) is 13.2 Å². The van der Waals surface area contributed by atoms with Gasteiger partial charge in [-0.1, -0.05) is 0 Å². The zero-order valence-electron chi connectivity index (χ0n) is 10.5. The lowest BCUT2D eigenvalue weighted by Gasteiger charge is -2.17. The van der Waals surface area contributed by atoms with Gasteiger partial charge in [0.15, 0.2) is 17.4 Å². The van der Waals surface area contributed by atoms with Crippen molar-refractivity contribution in [2.75, 3.05) is 19.0 Å². The highest BCUT2D eigenvalue weighted by Crippen LogP contribution is 2.28. The van der Waals surface area contributed by atoms with E-state index in [1.807, 2.05) is 0 Å². The number of aromatic hydroxyl groups is 1. The maximum absolute atomic E-state index is 13.7. The van der Waals surface area contributed by atoms with E-state index in [1.165, 1.54) is 4.90 Å². The van der Waals surface area contributed by atoms with E-state index >= 15 is 0 Å². The number of carbonyl (C=O) groups excluding carboxylic acids is 1. The molecule has 0 aromatic heterocycles. The highest BCUT2D eigenvalue weighted by Gasteiger charge is 2.30. The molecule has 0 aliphatic carbocycles. The van der Waals surface area contributed by atoms with E-state index < -0.39 is 34.7 Å². The molecular formula is C13H13ClF3NO2. The van der Waals surface area contributed by atoms with Gasteiger partial charge in [0.05, 0.1) is 5.56 Å². The molecular weight excluding hydrogens is 295 g/mol. The van der Waals surface area contributed by atoms with E-state index in [-0.39, 0.29) is 5.92 Å². The summed E-state index contributed by atoms with van der Waals surface area (Å²) in [6.45, 7) is 0.796. The maximum Gasteiger partial charge on any atom is 0.257 e. The van der Waals surface area contributed by atoms with Crippen molar-refractivity contribution < 1.29 is 23.1 Å². The largest absolute Gasteiger partial charge is 0.503 e. The number of rotatable bonds is 3. The van der Waals surface area contributed by atoms with Gasteiger partial charge in [-0.2, -0.15) is 4.39 Å². The molecule has 0 saturated carbocycles. The van der Waals surface area contributed by atoms with Crippen molar-refractivity contribution >= 4 is 17.5 Å². The molecule has 1 fully saturated rings. The lowest BCUT2D eigenvalue weighted by Crippen LogP contribution is -2.29. The average Bonchev–Trinajstić information content (AvgIpc) is 2.89. The Morgan fingerprint density at radius 3 is 2.75 bits per heavy atom. The Morgan fingerprint density at radius 1 is 1.40 bits per heavy atom. The second-order valence-corrected chi connectivity index (χ2v) is 5.14. The lowest BCUT2D eigenvalue weighted by molar-refractivity contribution is 0.0780. The van der Waals surface area contributed by atoms with Gasteiger partial charge in [0.25, 0.3) is 5.91 Å². The molecule has 1 N–H and O–H groups in total. The normalized spacial score (nSPS) is 18.6. The number of phenols is 1. The smallest absolute Gasteiger partial charge is 0.257 e. The van der Waals surface area contributed by atoms with E-state index in [1.54, 1.807) is 0 Å². The Bertz CT molecular complexity index is 539.